The zero-order chi connectivity index (χ0) is 12.1. The van der Waals surface area contributed by atoms with Gasteiger partial charge in [-0.05, 0) is 25.5 Å². The molecule has 3 nitrogen and oxygen atoms in total. The van der Waals surface area contributed by atoms with Gasteiger partial charge in [0.1, 0.15) is 0 Å². The summed E-state index contributed by atoms with van der Waals surface area (Å²) in [6.07, 6.45) is 0. The topological polar surface area (TPSA) is 41.1 Å². The van der Waals surface area contributed by atoms with E-state index in [2.05, 4.69) is 16.7 Å². The fraction of sp³-hybridized carbons (Fsp3) is 0.462. The van der Waals surface area contributed by atoms with Gasteiger partial charge in [0.2, 0.25) is 5.91 Å². The van der Waals surface area contributed by atoms with Crippen LogP contribution in [-0.4, -0.2) is 18.5 Å². The summed E-state index contributed by atoms with van der Waals surface area (Å²) in [6.45, 7) is 8.43. The third kappa shape index (κ3) is 4.03. The van der Waals surface area contributed by atoms with E-state index in [4.69, 9.17) is 0 Å². The van der Waals surface area contributed by atoms with Gasteiger partial charge in [-0.2, -0.15) is 0 Å². The van der Waals surface area contributed by atoms with E-state index >= 15 is 0 Å². The molecule has 0 atom stereocenters. The molecular formula is C13H20N2O. The first-order valence-electron chi connectivity index (χ1n) is 5.59. The molecule has 2 N–H and O–H groups in total. The number of hydrogen-bond acceptors (Lipinski definition) is 2. The van der Waals surface area contributed by atoms with E-state index in [0.29, 0.717) is 12.6 Å². The van der Waals surface area contributed by atoms with Crippen LogP contribution in [0.5, 0.6) is 0 Å². The Morgan fingerprint density at radius 1 is 1.31 bits per heavy atom. The van der Waals surface area contributed by atoms with Gasteiger partial charge in [-0.15, -0.1) is 0 Å². The molecule has 3 heteroatoms. The molecule has 1 aromatic rings. The van der Waals surface area contributed by atoms with Crippen LogP contribution in [-0.2, 0) is 4.79 Å². The minimum absolute atomic E-state index is 0.000605. The Kier molecular flexibility index (Phi) is 4.50. The van der Waals surface area contributed by atoms with Crippen molar-refractivity contribution in [3.63, 3.8) is 0 Å². The maximum atomic E-state index is 11.6. The molecule has 0 fully saturated rings. The lowest BCUT2D eigenvalue weighted by molar-refractivity contribution is -0.115. The van der Waals surface area contributed by atoms with Gasteiger partial charge in [0.05, 0.1) is 6.54 Å². The van der Waals surface area contributed by atoms with E-state index in [0.717, 1.165) is 11.3 Å². The summed E-state index contributed by atoms with van der Waals surface area (Å²) in [5.41, 5.74) is 3.19. The summed E-state index contributed by atoms with van der Waals surface area (Å²) < 4.78 is 0. The van der Waals surface area contributed by atoms with Gasteiger partial charge >= 0.3 is 0 Å². The molecule has 1 aromatic carbocycles. The third-order valence-corrected chi connectivity index (χ3v) is 2.33. The van der Waals surface area contributed by atoms with Crippen LogP contribution in [0.15, 0.2) is 18.2 Å². The molecule has 0 saturated heterocycles. The quantitative estimate of drug-likeness (QED) is 0.817. The van der Waals surface area contributed by atoms with Gasteiger partial charge in [-0.25, -0.2) is 0 Å². The Morgan fingerprint density at radius 3 is 2.56 bits per heavy atom. The second-order valence-electron chi connectivity index (χ2n) is 4.40. The maximum Gasteiger partial charge on any atom is 0.238 e. The summed E-state index contributed by atoms with van der Waals surface area (Å²) in [6, 6.07) is 6.33. The second-order valence-corrected chi connectivity index (χ2v) is 4.40. The SMILES string of the molecule is Cc1ccc(NC(=O)CNC(C)C)c(C)c1. The number of hydrogen-bond donors (Lipinski definition) is 2. The van der Waals surface area contributed by atoms with Crippen LogP contribution >= 0.6 is 0 Å². The highest BCUT2D eigenvalue weighted by Gasteiger charge is 2.04. The molecule has 0 saturated carbocycles. The molecule has 1 rings (SSSR count). The monoisotopic (exact) mass is 220 g/mol. The molecule has 16 heavy (non-hydrogen) atoms. The van der Waals surface area contributed by atoms with Gasteiger partial charge in [-0.1, -0.05) is 31.5 Å². The second kappa shape index (κ2) is 5.66. The lowest BCUT2D eigenvalue weighted by Gasteiger charge is -2.11. The predicted octanol–water partition coefficient (Wildman–Crippen LogP) is 2.24. The lowest BCUT2D eigenvalue weighted by Crippen LogP contribution is -2.32. The van der Waals surface area contributed by atoms with Crippen LogP contribution in [0.25, 0.3) is 0 Å². The number of amides is 1. The summed E-state index contributed by atoms with van der Waals surface area (Å²) in [4.78, 5) is 11.6. The van der Waals surface area contributed by atoms with Crippen molar-refractivity contribution in [3.8, 4) is 0 Å². The molecule has 0 aliphatic heterocycles. The average Bonchev–Trinajstić information content (AvgIpc) is 2.19. The van der Waals surface area contributed by atoms with E-state index in [1.807, 2.05) is 39.8 Å². The standard InChI is InChI=1S/C13H20N2O/c1-9(2)14-8-13(16)15-12-6-5-10(3)7-11(12)4/h5-7,9,14H,8H2,1-4H3,(H,15,16). The Labute approximate surface area is 97.2 Å². The lowest BCUT2D eigenvalue weighted by atomic mass is 10.1. The van der Waals surface area contributed by atoms with Crippen LogP contribution in [0, 0.1) is 13.8 Å². The smallest absolute Gasteiger partial charge is 0.238 e. The number of nitrogens with one attached hydrogen (secondary N) is 2. The van der Waals surface area contributed by atoms with Gasteiger partial charge in [0, 0.05) is 11.7 Å². The van der Waals surface area contributed by atoms with Gasteiger partial charge in [-0.3, -0.25) is 4.79 Å². The van der Waals surface area contributed by atoms with E-state index in [1.165, 1.54) is 5.56 Å². The van der Waals surface area contributed by atoms with Crippen molar-refractivity contribution < 1.29 is 4.79 Å². The number of carbonyl (C=O) groups excluding carboxylic acids is 1. The summed E-state index contributed by atoms with van der Waals surface area (Å²) in [7, 11) is 0. The molecular weight excluding hydrogens is 200 g/mol. The molecule has 0 radical (unpaired) electrons. The number of anilines is 1. The van der Waals surface area contributed by atoms with Gasteiger partial charge in [0.25, 0.3) is 0 Å². The Bertz CT molecular complexity index is 372. The number of rotatable bonds is 4. The third-order valence-electron chi connectivity index (χ3n) is 2.33. The van der Waals surface area contributed by atoms with Crippen LogP contribution in [0.2, 0.25) is 0 Å². The maximum absolute atomic E-state index is 11.6. The first kappa shape index (κ1) is 12.7. The van der Waals surface area contributed by atoms with Crippen LogP contribution in [0.1, 0.15) is 25.0 Å². The largest absolute Gasteiger partial charge is 0.325 e. The Hall–Kier alpha value is -1.35. The first-order valence-corrected chi connectivity index (χ1v) is 5.59. The summed E-state index contributed by atoms with van der Waals surface area (Å²) in [5.74, 6) is 0.000605. The highest BCUT2D eigenvalue weighted by molar-refractivity contribution is 5.92. The molecule has 0 aromatic heterocycles. The molecule has 0 aliphatic carbocycles. The van der Waals surface area contributed by atoms with Crippen molar-refractivity contribution in [1.82, 2.24) is 5.32 Å². The Balaban J connectivity index is 2.56. The molecule has 1 amide bonds. The normalized spacial score (nSPS) is 10.6. The molecule has 0 spiro atoms. The van der Waals surface area contributed by atoms with Gasteiger partial charge < -0.3 is 10.6 Å². The molecule has 0 bridgehead atoms. The molecule has 0 heterocycles. The number of benzene rings is 1. The average molecular weight is 220 g/mol. The number of aryl methyl sites for hydroxylation is 2. The van der Waals surface area contributed by atoms with Crippen molar-refractivity contribution in [3.05, 3.63) is 29.3 Å². The van der Waals surface area contributed by atoms with E-state index in [-0.39, 0.29) is 5.91 Å². The van der Waals surface area contributed by atoms with Crippen molar-refractivity contribution in [1.29, 1.82) is 0 Å². The minimum atomic E-state index is 0.000605. The number of carbonyl (C=O) groups is 1. The Morgan fingerprint density at radius 2 is 2.00 bits per heavy atom. The highest BCUT2D eigenvalue weighted by atomic mass is 16.1. The summed E-state index contributed by atoms with van der Waals surface area (Å²) in [5, 5.41) is 5.98. The zero-order valence-corrected chi connectivity index (χ0v) is 10.4. The predicted molar refractivity (Wildman–Crippen MR) is 67.7 cm³/mol. The van der Waals surface area contributed by atoms with Crippen molar-refractivity contribution in [2.24, 2.45) is 0 Å². The van der Waals surface area contributed by atoms with E-state index in [1.54, 1.807) is 0 Å². The molecule has 0 unspecified atom stereocenters. The van der Waals surface area contributed by atoms with E-state index in [9.17, 15) is 4.79 Å². The highest BCUT2D eigenvalue weighted by Crippen LogP contribution is 2.15. The van der Waals surface area contributed by atoms with Crippen molar-refractivity contribution in [2.45, 2.75) is 33.7 Å². The molecule has 88 valence electrons. The van der Waals surface area contributed by atoms with Crippen LogP contribution in [0.3, 0.4) is 0 Å². The van der Waals surface area contributed by atoms with E-state index < -0.39 is 0 Å². The zero-order valence-electron chi connectivity index (χ0n) is 10.4. The van der Waals surface area contributed by atoms with Crippen molar-refractivity contribution >= 4 is 11.6 Å². The van der Waals surface area contributed by atoms with Gasteiger partial charge in [0.15, 0.2) is 0 Å². The van der Waals surface area contributed by atoms with Crippen molar-refractivity contribution in [2.75, 3.05) is 11.9 Å². The fourth-order valence-corrected chi connectivity index (χ4v) is 1.45. The first-order chi connectivity index (χ1) is 7.49. The fourth-order valence-electron chi connectivity index (χ4n) is 1.45. The molecule has 0 aliphatic rings. The summed E-state index contributed by atoms with van der Waals surface area (Å²) >= 11 is 0. The minimum Gasteiger partial charge on any atom is -0.325 e. The van der Waals surface area contributed by atoms with Crippen LogP contribution < -0.4 is 10.6 Å². The van der Waals surface area contributed by atoms with Crippen LogP contribution in [0.4, 0.5) is 5.69 Å².